The number of carbonyl (C=O) groups is 1. The molecule has 0 bridgehead atoms. The van der Waals surface area contributed by atoms with Crippen LogP contribution in [0.4, 0.5) is 13.2 Å². The van der Waals surface area contributed by atoms with E-state index in [1.165, 1.54) is 16.8 Å². The number of rotatable bonds is 4. The van der Waals surface area contributed by atoms with Gasteiger partial charge in [0.2, 0.25) is 5.82 Å². The summed E-state index contributed by atoms with van der Waals surface area (Å²) in [6, 6.07) is 14.0. The second-order valence-corrected chi connectivity index (χ2v) is 5.61. The van der Waals surface area contributed by atoms with Gasteiger partial charge < -0.3 is 5.32 Å². The van der Waals surface area contributed by atoms with Crippen molar-refractivity contribution >= 4 is 5.91 Å². The number of carbonyl (C=O) groups excluding carboxylic acids is 1. The Labute approximate surface area is 147 Å². The van der Waals surface area contributed by atoms with Gasteiger partial charge in [-0.25, -0.2) is 9.67 Å². The maximum Gasteiger partial charge on any atom is 0.416 e. The SMILES string of the molecule is Cc1nc(C(=O)NCc2cccc(C(F)(F)F)c2)nn1-c1ccccc1. The first-order valence-electron chi connectivity index (χ1n) is 7.78. The van der Waals surface area contributed by atoms with Crippen molar-refractivity contribution in [3.8, 4) is 5.69 Å². The minimum atomic E-state index is -4.42. The van der Waals surface area contributed by atoms with Crippen LogP contribution in [0.15, 0.2) is 54.6 Å². The third-order valence-corrected chi connectivity index (χ3v) is 3.68. The summed E-state index contributed by atoms with van der Waals surface area (Å²) in [5.74, 6) is -0.0704. The molecule has 0 aliphatic carbocycles. The van der Waals surface area contributed by atoms with Crippen LogP contribution < -0.4 is 5.32 Å². The zero-order chi connectivity index (χ0) is 18.7. The van der Waals surface area contributed by atoms with Crippen molar-refractivity contribution in [2.24, 2.45) is 0 Å². The lowest BCUT2D eigenvalue weighted by molar-refractivity contribution is -0.137. The number of alkyl halides is 3. The number of hydrogen-bond acceptors (Lipinski definition) is 3. The molecule has 0 radical (unpaired) electrons. The smallest absolute Gasteiger partial charge is 0.345 e. The molecule has 1 aromatic heterocycles. The standard InChI is InChI=1S/C18H15F3N4O/c1-12-23-16(24-25(12)15-8-3-2-4-9-15)17(26)22-11-13-6-5-7-14(10-13)18(19,20)21/h2-10H,11H2,1H3,(H,22,26). The summed E-state index contributed by atoms with van der Waals surface area (Å²) in [6.07, 6.45) is -4.42. The average Bonchev–Trinajstić information content (AvgIpc) is 3.02. The molecule has 0 aliphatic heterocycles. The van der Waals surface area contributed by atoms with Gasteiger partial charge in [0.25, 0.3) is 5.91 Å². The van der Waals surface area contributed by atoms with Crippen LogP contribution >= 0.6 is 0 Å². The second-order valence-electron chi connectivity index (χ2n) is 5.61. The Morgan fingerprint density at radius 3 is 2.54 bits per heavy atom. The summed E-state index contributed by atoms with van der Waals surface area (Å²) in [7, 11) is 0. The largest absolute Gasteiger partial charge is 0.416 e. The van der Waals surface area contributed by atoms with E-state index in [1.54, 1.807) is 6.92 Å². The van der Waals surface area contributed by atoms with E-state index in [9.17, 15) is 18.0 Å². The van der Waals surface area contributed by atoms with Crippen molar-refractivity contribution in [3.05, 3.63) is 77.4 Å². The number of amides is 1. The molecule has 1 amide bonds. The van der Waals surface area contributed by atoms with Gasteiger partial charge in [-0.2, -0.15) is 13.2 Å². The van der Waals surface area contributed by atoms with Crippen molar-refractivity contribution < 1.29 is 18.0 Å². The van der Waals surface area contributed by atoms with Crippen LogP contribution in [0.5, 0.6) is 0 Å². The minimum Gasteiger partial charge on any atom is -0.345 e. The quantitative estimate of drug-likeness (QED) is 0.774. The zero-order valence-corrected chi connectivity index (χ0v) is 13.8. The average molecular weight is 360 g/mol. The lowest BCUT2D eigenvalue weighted by Crippen LogP contribution is -2.24. The molecule has 0 aliphatic rings. The molecule has 2 aromatic carbocycles. The summed E-state index contributed by atoms with van der Waals surface area (Å²) in [6.45, 7) is 1.66. The fraction of sp³-hybridized carbons (Fsp3) is 0.167. The van der Waals surface area contributed by atoms with E-state index in [2.05, 4.69) is 15.4 Å². The fourth-order valence-electron chi connectivity index (χ4n) is 2.42. The Bertz CT molecular complexity index is 920. The molecule has 134 valence electrons. The van der Waals surface area contributed by atoms with Gasteiger partial charge in [0.15, 0.2) is 0 Å². The van der Waals surface area contributed by atoms with Gasteiger partial charge in [0.05, 0.1) is 11.3 Å². The Kier molecular flexibility index (Phi) is 4.75. The van der Waals surface area contributed by atoms with E-state index in [4.69, 9.17) is 0 Å². The maximum absolute atomic E-state index is 12.7. The molecule has 0 atom stereocenters. The number of benzene rings is 2. The van der Waals surface area contributed by atoms with Crippen molar-refractivity contribution in [1.29, 1.82) is 0 Å². The maximum atomic E-state index is 12.7. The van der Waals surface area contributed by atoms with Gasteiger partial charge in [-0.1, -0.05) is 30.3 Å². The number of nitrogens with zero attached hydrogens (tertiary/aromatic N) is 3. The summed E-state index contributed by atoms with van der Waals surface area (Å²) in [5, 5.41) is 6.70. The second kappa shape index (κ2) is 6.99. The number of halogens is 3. The molecule has 26 heavy (non-hydrogen) atoms. The van der Waals surface area contributed by atoms with Gasteiger partial charge in [0.1, 0.15) is 5.82 Å². The van der Waals surface area contributed by atoms with E-state index >= 15 is 0 Å². The molecular formula is C18H15F3N4O. The van der Waals surface area contributed by atoms with Crippen LogP contribution in [0, 0.1) is 6.92 Å². The molecule has 0 saturated carbocycles. The highest BCUT2D eigenvalue weighted by Gasteiger charge is 2.30. The molecule has 1 N–H and O–H groups in total. The van der Waals surface area contributed by atoms with Crippen molar-refractivity contribution in [2.75, 3.05) is 0 Å². The van der Waals surface area contributed by atoms with Crippen LogP contribution in [0.1, 0.15) is 27.6 Å². The van der Waals surface area contributed by atoms with Gasteiger partial charge in [-0.3, -0.25) is 4.79 Å². The van der Waals surface area contributed by atoms with Gasteiger partial charge in [-0.05, 0) is 36.8 Å². The first-order valence-corrected chi connectivity index (χ1v) is 7.78. The monoisotopic (exact) mass is 360 g/mol. The van der Waals surface area contributed by atoms with E-state index in [0.717, 1.165) is 17.8 Å². The van der Waals surface area contributed by atoms with Crippen LogP contribution in [-0.4, -0.2) is 20.7 Å². The summed E-state index contributed by atoms with van der Waals surface area (Å²) < 4.78 is 39.7. The third kappa shape index (κ3) is 3.90. The molecule has 5 nitrogen and oxygen atoms in total. The minimum absolute atomic E-state index is 0.0432. The fourth-order valence-corrected chi connectivity index (χ4v) is 2.42. The third-order valence-electron chi connectivity index (χ3n) is 3.68. The Balaban J connectivity index is 1.72. The van der Waals surface area contributed by atoms with Crippen molar-refractivity contribution in [1.82, 2.24) is 20.1 Å². The van der Waals surface area contributed by atoms with E-state index in [-0.39, 0.29) is 12.4 Å². The zero-order valence-electron chi connectivity index (χ0n) is 13.8. The van der Waals surface area contributed by atoms with E-state index < -0.39 is 17.6 Å². The van der Waals surface area contributed by atoms with Crippen LogP contribution in [0.2, 0.25) is 0 Å². The number of aryl methyl sites for hydroxylation is 1. The predicted molar refractivity (Wildman–Crippen MR) is 88.7 cm³/mol. The normalized spacial score (nSPS) is 11.4. The molecule has 3 rings (SSSR count). The Morgan fingerprint density at radius 1 is 1.12 bits per heavy atom. The first-order chi connectivity index (χ1) is 12.3. The van der Waals surface area contributed by atoms with Crippen LogP contribution in [-0.2, 0) is 12.7 Å². The lowest BCUT2D eigenvalue weighted by Gasteiger charge is -2.09. The van der Waals surface area contributed by atoms with Crippen LogP contribution in [0.25, 0.3) is 5.69 Å². The molecular weight excluding hydrogens is 345 g/mol. The summed E-state index contributed by atoms with van der Waals surface area (Å²) >= 11 is 0. The van der Waals surface area contributed by atoms with Gasteiger partial charge in [-0.15, -0.1) is 5.10 Å². The predicted octanol–water partition coefficient (Wildman–Crippen LogP) is 3.52. The molecule has 0 saturated heterocycles. The molecule has 1 heterocycles. The van der Waals surface area contributed by atoms with Crippen LogP contribution in [0.3, 0.4) is 0 Å². The number of para-hydroxylation sites is 1. The van der Waals surface area contributed by atoms with Crippen molar-refractivity contribution in [3.63, 3.8) is 0 Å². The molecule has 0 spiro atoms. The Morgan fingerprint density at radius 2 is 1.85 bits per heavy atom. The highest BCUT2D eigenvalue weighted by Crippen LogP contribution is 2.29. The number of aromatic nitrogens is 3. The molecule has 0 fully saturated rings. The Hall–Kier alpha value is -3.16. The van der Waals surface area contributed by atoms with Gasteiger partial charge in [0, 0.05) is 6.54 Å². The number of hydrogen-bond donors (Lipinski definition) is 1. The van der Waals surface area contributed by atoms with E-state index in [1.807, 2.05) is 30.3 Å². The molecule has 3 aromatic rings. The molecule has 0 unspecified atom stereocenters. The number of nitrogens with one attached hydrogen (secondary N) is 1. The summed E-state index contributed by atoms with van der Waals surface area (Å²) in [5.41, 5.74) is 0.341. The van der Waals surface area contributed by atoms with Crippen molar-refractivity contribution in [2.45, 2.75) is 19.6 Å². The lowest BCUT2D eigenvalue weighted by atomic mass is 10.1. The molecule has 8 heteroatoms. The van der Waals surface area contributed by atoms with Gasteiger partial charge >= 0.3 is 6.18 Å². The highest BCUT2D eigenvalue weighted by molar-refractivity contribution is 5.90. The van der Waals surface area contributed by atoms with E-state index in [0.29, 0.717) is 11.4 Å². The highest BCUT2D eigenvalue weighted by atomic mass is 19.4. The summed E-state index contributed by atoms with van der Waals surface area (Å²) in [4.78, 5) is 16.3. The first kappa shape index (κ1) is 17.7. The topological polar surface area (TPSA) is 59.8 Å².